The van der Waals surface area contributed by atoms with E-state index in [1.807, 2.05) is 13.8 Å². The fraction of sp³-hybridized carbons (Fsp3) is 0.222. The molecule has 0 unspecified atom stereocenters. The molecule has 0 fully saturated rings. The zero-order valence-electron chi connectivity index (χ0n) is 7.17. The third kappa shape index (κ3) is 3.39. The molecule has 0 spiro atoms. The first kappa shape index (κ1) is 11.0. The fourth-order valence-corrected chi connectivity index (χ4v) is 0.740. The van der Waals surface area contributed by atoms with Crippen LogP contribution in [0.1, 0.15) is 24.2 Å². The van der Waals surface area contributed by atoms with Crippen LogP contribution in [0, 0.1) is 0 Å². The van der Waals surface area contributed by atoms with Crippen molar-refractivity contribution in [2.45, 2.75) is 13.8 Å². The average Bonchev–Trinajstić information content (AvgIpc) is 2.09. The van der Waals surface area contributed by atoms with Gasteiger partial charge >= 0.3 is 0 Å². The number of halogens is 1. The maximum Gasteiger partial charge on any atom is 0.248 e. The second-order valence-corrected chi connectivity index (χ2v) is 2.31. The lowest BCUT2D eigenvalue weighted by molar-refractivity contribution is 0.100. The van der Waals surface area contributed by atoms with Crippen LogP contribution in [0.4, 0.5) is 0 Å². The molecular formula is C9H12ClNO. The summed E-state index contributed by atoms with van der Waals surface area (Å²) in [6.45, 7) is 4.00. The van der Waals surface area contributed by atoms with Gasteiger partial charge in [0.15, 0.2) is 0 Å². The largest absolute Gasteiger partial charge is 0.366 e. The number of hydrogen-bond donors (Lipinski definition) is 1. The third-order valence-electron chi connectivity index (χ3n) is 1.13. The molecule has 1 amide bonds. The highest BCUT2D eigenvalue weighted by Crippen LogP contribution is 2.08. The minimum atomic E-state index is -0.434. The number of hydrogen-bond acceptors (Lipinski definition) is 1. The summed E-state index contributed by atoms with van der Waals surface area (Å²) in [7, 11) is 0. The highest BCUT2D eigenvalue weighted by molar-refractivity contribution is 6.30. The van der Waals surface area contributed by atoms with E-state index in [2.05, 4.69) is 0 Å². The highest BCUT2D eigenvalue weighted by Gasteiger charge is 1.96. The van der Waals surface area contributed by atoms with Crippen LogP contribution in [0.5, 0.6) is 0 Å². The lowest BCUT2D eigenvalue weighted by Gasteiger charge is -1.92. The summed E-state index contributed by atoms with van der Waals surface area (Å²) in [6.07, 6.45) is 0. The Morgan fingerprint density at radius 2 is 1.67 bits per heavy atom. The zero-order chi connectivity index (χ0) is 9.56. The zero-order valence-corrected chi connectivity index (χ0v) is 7.93. The van der Waals surface area contributed by atoms with E-state index in [9.17, 15) is 4.79 Å². The smallest absolute Gasteiger partial charge is 0.248 e. The molecule has 66 valence electrons. The van der Waals surface area contributed by atoms with Gasteiger partial charge in [-0.2, -0.15) is 0 Å². The van der Waals surface area contributed by atoms with Crippen molar-refractivity contribution in [1.29, 1.82) is 0 Å². The quantitative estimate of drug-likeness (QED) is 0.718. The summed E-state index contributed by atoms with van der Waals surface area (Å²) in [5.41, 5.74) is 5.46. The Morgan fingerprint density at radius 1 is 1.25 bits per heavy atom. The van der Waals surface area contributed by atoms with Crippen molar-refractivity contribution >= 4 is 17.5 Å². The predicted molar refractivity (Wildman–Crippen MR) is 51.3 cm³/mol. The molecule has 2 N–H and O–H groups in total. The summed E-state index contributed by atoms with van der Waals surface area (Å²) >= 11 is 5.56. The minimum absolute atomic E-state index is 0.434. The van der Waals surface area contributed by atoms with E-state index >= 15 is 0 Å². The van der Waals surface area contributed by atoms with Crippen LogP contribution in [0.2, 0.25) is 5.02 Å². The third-order valence-corrected chi connectivity index (χ3v) is 1.38. The number of primary amides is 1. The molecule has 0 bridgehead atoms. The molecule has 0 aliphatic heterocycles. The molecule has 3 heteroatoms. The Bertz CT molecular complexity index is 243. The van der Waals surface area contributed by atoms with Crippen molar-refractivity contribution < 1.29 is 4.79 Å². The van der Waals surface area contributed by atoms with Crippen LogP contribution in [0.25, 0.3) is 0 Å². The van der Waals surface area contributed by atoms with Crippen molar-refractivity contribution in [2.75, 3.05) is 0 Å². The van der Waals surface area contributed by atoms with E-state index in [0.717, 1.165) is 0 Å². The summed E-state index contributed by atoms with van der Waals surface area (Å²) in [4.78, 5) is 10.5. The number of nitrogens with two attached hydrogens (primary N) is 1. The van der Waals surface area contributed by atoms with Gasteiger partial charge in [0.05, 0.1) is 0 Å². The minimum Gasteiger partial charge on any atom is -0.366 e. The van der Waals surface area contributed by atoms with Crippen molar-refractivity contribution in [3.63, 3.8) is 0 Å². The van der Waals surface area contributed by atoms with Gasteiger partial charge in [-0.3, -0.25) is 4.79 Å². The van der Waals surface area contributed by atoms with E-state index in [0.29, 0.717) is 10.6 Å². The second-order valence-electron chi connectivity index (χ2n) is 1.87. The molecule has 0 aliphatic rings. The van der Waals surface area contributed by atoms with Gasteiger partial charge in [-0.1, -0.05) is 25.4 Å². The SMILES string of the molecule is CC.NC(=O)c1ccc(Cl)cc1. The molecule has 0 saturated carbocycles. The van der Waals surface area contributed by atoms with Gasteiger partial charge in [0.25, 0.3) is 0 Å². The topological polar surface area (TPSA) is 43.1 Å². The Labute approximate surface area is 77.3 Å². The Hall–Kier alpha value is -1.02. The van der Waals surface area contributed by atoms with Crippen LogP contribution in [-0.4, -0.2) is 5.91 Å². The molecule has 1 aromatic carbocycles. The molecule has 0 radical (unpaired) electrons. The molecular weight excluding hydrogens is 174 g/mol. The van der Waals surface area contributed by atoms with Gasteiger partial charge in [-0.05, 0) is 24.3 Å². The summed E-state index contributed by atoms with van der Waals surface area (Å²) in [5, 5.41) is 0.602. The van der Waals surface area contributed by atoms with Crippen molar-refractivity contribution in [3.05, 3.63) is 34.9 Å². The molecule has 0 atom stereocenters. The predicted octanol–water partition coefficient (Wildman–Crippen LogP) is 2.47. The summed E-state index contributed by atoms with van der Waals surface area (Å²) < 4.78 is 0. The average molecular weight is 186 g/mol. The van der Waals surface area contributed by atoms with Crippen LogP contribution in [-0.2, 0) is 0 Å². The van der Waals surface area contributed by atoms with E-state index in [1.165, 1.54) is 0 Å². The van der Waals surface area contributed by atoms with Gasteiger partial charge in [0, 0.05) is 10.6 Å². The standard InChI is InChI=1S/C7H6ClNO.C2H6/c8-6-3-1-5(2-4-6)7(9)10;1-2/h1-4H,(H2,9,10);1-2H3. The van der Waals surface area contributed by atoms with E-state index < -0.39 is 5.91 Å². The first-order valence-electron chi connectivity index (χ1n) is 3.75. The number of carbonyl (C=O) groups excluding carboxylic acids is 1. The maximum atomic E-state index is 10.5. The van der Waals surface area contributed by atoms with E-state index in [1.54, 1.807) is 24.3 Å². The summed E-state index contributed by atoms with van der Waals surface area (Å²) in [6, 6.07) is 6.43. The molecule has 0 aromatic heterocycles. The van der Waals surface area contributed by atoms with Crippen molar-refractivity contribution in [3.8, 4) is 0 Å². The van der Waals surface area contributed by atoms with Gasteiger partial charge in [-0.25, -0.2) is 0 Å². The fourth-order valence-electron chi connectivity index (χ4n) is 0.614. The normalized spacial score (nSPS) is 8.25. The maximum absolute atomic E-state index is 10.5. The second kappa shape index (κ2) is 5.61. The first-order valence-corrected chi connectivity index (χ1v) is 4.13. The van der Waals surface area contributed by atoms with Gasteiger partial charge in [0.2, 0.25) is 5.91 Å². The monoisotopic (exact) mass is 185 g/mol. The molecule has 1 aromatic rings. The lowest BCUT2D eigenvalue weighted by Crippen LogP contribution is -2.10. The molecule has 0 saturated heterocycles. The van der Waals surface area contributed by atoms with Crippen LogP contribution >= 0.6 is 11.6 Å². The van der Waals surface area contributed by atoms with Crippen LogP contribution < -0.4 is 5.73 Å². The number of amides is 1. The Balaban J connectivity index is 0.000000561. The summed E-state index contributed by atoms with van der Waals surface area (Å²) in [5.74, 6) is -0.434. The number of benzene rings is 1. The van der Waals surface area contributed by atoms with Gasteiger partial charge in [-0.15, -0.1) is 0 Å². The van der Waals surface area contributed by atoms with E-state index in [-0.39, 0.29) is 0 Å². The molecule has 2 nitrogen and oxygen atoms in total. The molecule has 0 aliphatic carbocycles. The van der Waals surface area contributed by atoms with Crippen LogP contribution in [0.3, 0.4) is 0 Å². The van der Waals surface area contributed by atoms with Crippen molar-refractivity contribution in [2.24, 2.45) is 5.73 Å². The first-order chi connectivity index (χ1) is 5.70. The Morgan fingerprint density at radius 3 is 2.00 bits per heavy atom. The van der Waals surface area contributed by atoms with E-state index in [4.69, 9.17) is 17.3 Å². The van der Waals surface area contributed by atoms with Crippen LogP contribution in [0.15, 0.2) is 24.3 Å². The Kier molecular flexibility index (Phi) is 5.13. The molecule has 1 rings (SSSR count). The van der Waals surface area contributed by atoms with Crippen molar-refractivity contribution in [1.82, 2.24) is 0 Å². The van der Waals surface area contributed by atoms with Gasteiger partial charge < -0.3 is 5.73 Å². The lowest BCUT2D eigenvalue weighted by atomic mass is 10.2. The number of rotatable bonds is 1. The highest BCUT2D eigenvalue weighted by atomic mass is 35.5. The molecule has 0 heterocycles. The van der Waals surface area contributed by atoms with Gasteiger partial charge in [0.1, 0.15) is 0 Å². The molecule has 12 heavy (non-hydrogen) atoms. The number of carbonyl (C=O) groups is 1.